The Balaban J connectivity index is 3.14. The molecule has 0 aliphatic carbocycles. The summed E-state index contributed by atoms with van der Waals surface area (Å²) in [7, 11) is 0. The molecular weight excluding hydrogens is 290 g/mol. The molecule has 0 radical (unpaired) electrons. The van der Waals surface area contributed by atoms with E-state index in [1.807, 2.05) is 0 Å². The first-order valence-electron chi connectivity index (χ1n) is 5.69. The molecule has 20 heavy (non-hydrogen) atoms. The first-order valence-corrected chi connectivity index (χ1v) is 6.07. The molecule has 0 aliphatic heterocycles. The summed E-state index contributed by atoms with van der Waals surface area (Å²) in [6, 6.07) is 3.98. The summed E-state index contributed by atoms with van der Waals surface area (Å²) in [4.78, 5) is 32.9. The highest BCUT2D eigenvalue weighted by molar-refractivity contribution is 6.31. The van der Waals surface area contributed by atoms with Crippen molar-refractivity contribution in [2.75, 3.05) is 6.61 Å². The van der Waals surface area contributed by atoms with Gasteiger partial charge in [0.1, 0.15) is 0 Å². The summed E-state index contributed by atoms with van der Waals surface area (Å²) >= 11 is 5.85. The predicted molar refractivity (Wildman–Crippen MR) is 69.6 cm³/mol. The largest absolute Gasteiger partial charge is 0.481 e. The maximum absolute atomic E-state index is 11.6. The van der Waals surface area contributed by atoms with E-state index in [0.29, 0.717) is 0 Å². The van der Waals surface area contributed by atoms with Crippen molar-refractivity contribution in [1.82, 2.24) is 0 Å². The Hall–Kier alpha value is -2.15. The van der Waals surface area contributed by atoms with Crippen molar-refractivity contribution in [3.63, 3.8) is 0 Å². The van der Waals surface area contributed by atoms with Crippen LogP contribution in [0.5, 0.6) is 0 Å². The number of benzene rings is 1. The van der Waals surface area contributed by atoms with Crippen LogP contribution < -0.4 is 0 Å². The maximum Gasteiger partial charge on any atom is 0.320 e. The number of rotatable bonds is 6. The number of aliphatic carboxylic acids is 1. The number of esters is 1. The zero-order valence-electron chi connectivity index (χ0n) is 10.5. The molecule has 0 spiro atoms. The molecule has 0 bridgehead atoms. The van der Waals surface area contributed by atoms with E-state index in [-0.39, 0.29) is 22.9 Å². The smallest absolute Gasteiger partial charge is 0.320 e. The van der Waals surface area contributed by atoms with Gasteiger partial charge in [0.25, 0.3) is 5.69 Å². The molecule has 0 fully saturated rings. The van der Waals surface area contributed by atoms with Crippen LogP contribution in [-0.2, 0) is 20.7 Å². The van der Waals surface area contributed by atoms with E-state index in [1.165, 1.54) is 25.1 Å². The Morgan fingerprint density at radius 3 is 2.65 bits per heavy atom. The summed E-state index contributed by atoms with van der Waals surface area (Å²) in [6.07, 6.45) is -0.399. The van der Waals surface area contributed by atoms with E-state index in [4.69, 9.17) is 16.7 Å². The van der Waals surface area contributed by atoms with Gasteiger partial charge in [0.2, 0.25) is 0 Å². The molecule has 0 heterocycles. The second-order valence-corrected chi connectivity index (χ2v) is 4.25. The van der Waals surface area contributed by atoms with Crippen molar-refractivity contribution in [1.29, 1.82) is 0 Å². The first-order chi connectivity index (χ1) is 9.38. The molecule has 1 N–H and O–H groups in total. The summed E-state index contributed by atoms with van der Waals surface area (Å²) in [5.74, 6) is -3.90. The zero-order valence-corrected chi connectivity index (χ0v) is 11.3. The fraction of sp³-hybridized carbons (Fsp3) is 0.333. The van der Waals surface area contributed by atoms with Crippen LogP contribution >= 0.6 is 11.6 Å². The van der Waals surface area contributed by atoms with Gasteiger partial charge in [0, 0.05) is 18.1 Å². The van der Waals surface area contributed by atoms with Crippen LogP contribution in [0.3, 0.4) is 0 Å². The van der Waals surface area contributed by atoms with Crippen molar-refractivity contribution >= 4 is 29.2 Å². The standard InChI is InChI=1S/C12H12ClNO6/c1-2-20-12(17)8(11(15)16)6-7-9(13)4-3-5-10(7)14(18)19/h3-5,8H,2,6H2,1H3,(H,15,16). The number of carbonyl (C=O) groups excluding carboxylic acids is 1. The molecule has 8 heteroatoms. The summed E-state index contributed by atoms with van der Waals surface area (Å²) in [6.45, 7) is 1.56. The molecule has 0 amide bonds. The van der Waals surface area contributed by atoms with Gasteiger partial charge in [-0.3, -0.25) is 19.7 Å². The second-order valence-electron chi connectivity index (χ2n) is 3.84. The molecule has 1 aromatic carbocycles. The van der Waals surface area contributed by atoms with E-state index in [0.717, 1.165) is 0 Å². The number of nitro benzene ring substituents is 1. The predicted octanol–water partition coefficient (Wildman–Crippen LogP) is 2.05. The maximum atomic E-state index is 11.6. The van der Waals surface area contributed by atoms with Crippen LogP contribution in [0.25, 0.3) is 0 Å². The third kappa shape index (κ3) is 3.67. The second kappa shape index (κ2) is 6.85. The Labute approximate surface area is 119 Å². The van der Waals surface area contributed by atoms with E-state index in [2.05, 4.69) is 4.74 Å². The van der Waals surface area contributed by atoms with Crippen molar-refractivity contribution in [3.05, 3.63) is 38.9 Å². The lowest BCUT2D eigenvalue weighted by molar-refractivity contribution is -0.385. The van der Waals surface area contributed by atoms with Crippen LogP contribution in [0.15, 0.2) is 18.2 Å². The Morgan fingerprint density at radius 1 is 1.50 bits per heavy atom. The van der Waals surface area contributed by atoms with E-state index in [1.54, 1.807) is 0 Å². The minimum absolute atomic E-state index is 0.000352. The monoisotopic (exact) mass is 301 g/mol. The first kappa shape index (κ1) is 15.9. The van der Waals surface area contributed by atoms with Gasteiger partial charge in [0.05, 0.1) is 16.6 Å². The number of nitro groups is 1. The lowest BCUT2D eigenvalue weighted by Crippen LogP contribution is -2.28. The number of ether oxygens (including phenoxy) is 1. The third-order valence-corrected chi connectivity index (χ3v) is 2.92. The van der Waals surface area contributed by atoms with Crippen LogP contribution in [0.2, 0.25) is 5.02 Å². The lowest BCUT2D eigenvalue weighted by atomic mass is 9.98. The molecule has 7 nitrogen and oxygen atoms in total. The number of halogens is 1. The molecule has 108 valence electrons. The van der Waals surface area contributed by atoms with Crippen molar-refractivity contribution < 1.29 is 24.4 Å². The van der Waals surface area contributed by atoms with Gasteiger partial charge in [-0.15, -0.1) is 0 Å². The fourth-order valence-corrected chi connectivity index (χ4v) is 1.89. The highest BCUT2D eigenvalue weighted by Crippen LogP contribution is 2.29. The summed E-state index contributed by atoms with van der Waals surface area (Å²) < 4.78 is 4.65. The molecule has 0 aromatic heterocycles. The van der Waals surface area contributed by atoms with Crippen molar-refractivity contribution in [2.24, 2.45) is 5.92 Å². The van der Waals surface area contributed by atoms with Gasteiger partial charge < -0.3 is 9.84 Å². The van der Waals surface area contributed by atoms with Crippen LogP contribution in [0, 0.1) is 16.0 Å². The minimum atomic E-state index is -1.53. The van der Waals surface area contributed by atoms with Crippen LogP contribution in [0.4, 0.5) is 5.69 Å². The Bertz CT molecular complexity index is 545. The van der Waals surface area contributed by atoms with E-state index < -0.39 is 29.2 Å². The Kier molecular flexibility index (Phi) is 5.45. The number of hydrogen-bond donors (Lipinski definition) is 1. The molecule has 0 saturated heterocycles. The SMILES string of the molecule is CCOC(=O)C(Cc1c(Cl)cccc1[N+](=O)[O-])C(=O)O. The summed E-state index contributed by atoms with van der Waals surface area (Å²) in [5.41, 5.74) is -0.326. The van der Waals surface area contributed by atoms with Gasteiger partial charge in [-0.1, -0.05) is 17.7 Å². The van der Waals surface area contributed by atoms with Gasteiger partial charge >= 0.3 is 11.9 Å². The van der Waals surface area contributed by atoms with E-state index >= 15 is 0 Å². The summed E-state index contributed by atoms with van der Waals surface area (Å²) in [5, 5.41) is 20.0. The highest BCUT2D eigenvalue weighted by atomic mass is 35.5. The Morgan fingerprint density at radius 2 is 2.15 bits per heavy atom. The normalized spacial score (nSPS) is 11.7. The highest BCUT2D eigenvalue weighted by Gasteiger charge is 2.31. The molecule has 1 atom stereocenters. The number of carbonyl (C=O) groups is 2. The fourth-order valence-electron chi connectivity index (χ4n) is 1.64. The number of carboxylic acid groups (broad SMARTS) is 1. The van der Waals surface area contributed by atoms with Gasteiger partial charge in [-0.25, -0.2) is 0 Å². The van der Waals surface area contributed by atoms with Crippen LogP contribution in [-0.4, -0.2) is 28.6 Å². The molecule has 0 saturated carbocycles. The van der Waals surface area contributed by atoms with Gasteiger partial charge in [-0.05, 0) is 13.0 Å². The van der Waals surface area contributed by atoms with Gasteiger partial charge in [0.15, 0.2) is 5.92 Å². The van der Waals surface area contributed by atoms with Gasteiger partial charge in [-0.2, -0.15) is 0 Å². The minimum Gasteiger partial charge on any atom is -0.481 e. The molecule has 1 rings (SSSR count). The van der Waals surface area contributed by atoms with Crippen molar-refractivity contribution in [2.45, 2.75) is 13.3 Å². The number of nitrogens with zero attached hydrogens (tertiary/aromatic N) is 1. The quantitative estimate of drug-likeness (QED) is 0.373. The molecule has 0 aliphatic rings. The molecule has 1 unspecified atom stereocenters. The zero-order chi connectivity index (χ0) is 15.3. The number of carboxylic acids is 1. The topological polar surface area (TPSA) is 107 Å². The van der Waals surface area contributed by atoms with Crippen molar-refractivity contribution in [3.8, 4) is 0 Å². The van der Waals surface area contributed by atoms with Crippen LogP contribution in [0.1, 0.15) is 12.5 Å². The van der Waals surface area contributed by atoms with E-state index in [9.17, 15) is 19.7 Å². The average molecular weight is 302 g/mol. The molecular formula is C12H12ClNO6. The average Bonchev–Trinajstić information content (AvgIpc) is 2.36. The third-order valence-electron chi connectivity index (χ3n) is 2.57. The lowest BCUT2D eigenvalue weighted by Gasteiger charge is -2.12. The number of hydrogen-bond acceptors (Lipinski definition) is 5. The molecule has 1 aromatic rings.